The number of hydrogen-bond donors (Lipinski definition) is 0. The molecule has 1 saturated heterocycles. The van der Waals surface area contributed by atoms with Crippen LogP contribution in [0, 0.1) is 0 Å². The molecule has 2 heteroatoms. The predicted octanol–water partition coefficient (Wildman–Crippen LogP) is 3.18. The molecular weight excluding hydrogens is 226 g/mol. The molecular formula is C11H23BrN+. The number of quaternary nitrogens is 1. The van der Waals surface area contributed by atoms with E-state index in [1.165, 1.54) is 68.1 Å². The highest BCUT2D eigenvalue weighted by Gasteiger charge is 2.26. The van der Waals surface area contributed by atoms with Gasteiger partial charge >= 0.3 is 0 Å². The Hall–Kier alpha value is 0.440. The Kier molecular flexibility index (Phi) is 5.34. The molecule has 1 heterocycles. The maximum absolute atomic E-state index is 3.51. The SMILES string of the molecule is CC[N+]1(CCCCBr)CCCCC1. The second-order valence-electron chi connectivity index (χ2n) is 4.29. The normalized spacial score (nSPS) is 21.7. The average molecular weight is 249 g/mol. The highest BCUT2D eigenvalue weighted by molar-refractivity contribution is 9.09. The molecule has 1 rings (SSSR count). The van der Waals surface area contributed by atoms with Gasteiger partial charge in [0.1, 0.15) is 0 Å². The lowest BCUT2D eigenvalue weighted by Gasteiger charge is -2.41. The van der Waals surface area contributed by atoms with Crippen molar-refractivity contribution in [1.29, 1.82) is 0 Å². The van der Waals surface area contributed by atoms with Crippen molar-refractivity contribution in [2.24, 2.45) is 0 Å². The van der Waals surface area contributed by atoms with Crippen LogP contribution in [0.3, 0.4) is 0 Å². The van der Waals surface area contributed by atoms with Crippen LogP contribution in [-0.4, -0.2) is 36.0 Å². The van der Waals surface area contributed by atoms with E-state index in [2.05, 4.69) is 22.9 Å². The number of likely N-dealkylation sites (tertiary alicyclic amines) is 1. The van der Waals surface area contributed by atoms with E-state index in [1.807, 2.05) is 0 Å². The first kappa shape index (κ1) is 11.5. The van der Waals surface area contributed by atoms with Crippen molar-refractivity contribution in [3.8, 4) is 0 Å². The smallest absolute Gasteiger partial charge is 0.0786 e. The van der Waals surface area contributed by atoms with Crippen molar-refractivity contribution in [2.45, 2.75) is 39.0 Å². The first-order valence-corrected chi connectivity index (χ1v) is 6.86. The lowest BCUT2D eigenvalue weighted by Crippen LogP contribution is -2.51. The van der Waals surface area contributed by atoms with E-state index in [9.17, 15) is 0 Å². The highest BCUT2D eigenvalue weighted by Crippen LogP contribution is 2.19. The summed E-state index contributed by atoms with van der Waals surface area (Å²) < 4.78 is 1.41. The van der Waals surface area contributed by atoms with Crippen LogP contribution in [0.4, 0.5) is 0 Å². The minimum Gasteiger partial charge on any atom is -0.324 e. The largest absolute Gasteiger partial charge is 0.324 e. The summed E-state index contributed by atoms with van der Waals surface area (Å²) in [7, 11) is 0. The standard InChI is InChI=1S/C11H23BrN/c1-2-13(11-7-4-8-12)9-5-3-6-10-13/h2-11H2,1H3/q+1. The molecule has 0 aromatic heterocycles. The van der Waals surface area contributed by atoms with E-state index in [1.54, 1.807) is 0 Å². The molecule has 0 radical (unpaired) electrons. The van der Waals surface area contributed by atoms with Crippen LogP contribution in [0.2, 0.25) is 0 Å². The van der Waals surface area contributed by atoms with Crippen LogP contribution in [0.25, 0.3) is 0 Å². The minimum absolute atomic E-state index is 1.18. The molecule has 13 heavy (non-hydrogen) atoms. The fourth-order valence-electron chi connectivity index (χ4n) is 2.42. The van der Waals surface area contributed by atoms with Gasteiger partial charge in [0, 0.05) is 5.33 Å². The lowest BCUT2D eigenvalue weighted by molar-refractivity contribution is -0.931. The van der Waals surface area contributed by atoms with Crippen LogP contribution in [0.1, 0.15) is 39.0 Å². The molecule has 0 aromatic rings. The summed E-state index contributed by atoms with van der Waals surface area (Å²) in [5.74, 6) is 0. The maximum Gasteiger partial charge on any atom is 0.0786 e. The van der Waals surface area contributed by atoms with E-state index in [0.717, 1.165) is 0 Å². The third-order valence-electron chi connectivity index (χ3n) is 3.45. The molecule has 0 atom stereocenters. The molecule has 1 aliphatic rings. The maximum atomic E-state index is 3.51. The molecule has 0 aliphatic carbocycles. The van der Waals surface area contributed by atoms with Gasteiger partial charge < -0.3 is 4.48 Å². The Morgan fingerprint density at radius 2 is 1.77 bits per heavy atom. The number of hydrogen-bond acceptors (Lipinski definition) is 0. The van der Waals surface area contributed by atoms with Gasteiger partial charge in [0.25, 0.3) is 0 Å². The summed E-state index contributed by atoms with van der Waals surface area (Å²) in [6, 6.07) is 0. The van der Waals surface area contributed by atoms with E-state index in [4.69, 9.17) is 0 Å². The van der Waals surface area contributed by atoms with Crippen molar-refractivity contribution in [2.75, 3.05) is 31.5 Å². The lowest BCUT2D eigenvalue weighted by atomic mass is 10.1. The zero-order valence-electron chi connectivity index (χ0n) is 8.90. The minimum atomic E-state index is 1.18. The third-order valence-corrected chi connectivity index (χ3v) is 4.01. The molecule has 0 unspecified atom stereocenters. The summed E-state index contributed by atoms with van der Waals surface area (Å²) in [6.45, 7) is 8.02. The van der Waals surface area contributed by atoms with E-state index in [0.29, 0.717) is 0 Å². The Bertz CT molecular complexity index is 130. The van der Waals surface area contributed by atoms with Gasteiger partial charge in [-0.25, -0.2) is 0 Å². The van der Waals surface area contributed by atoms with Crippen LogP contribution in [-0.2, 0) is 0 Å². The Balaban J connectivity index is 2.29. The highest BCUT2D eigenvalue weighted by atomic mass is 79.9. The zero-order chi connectivity index (χ0) is 9.57. The van der Waals surface area contributed by atoms with Crippen LogP contribution in [0.5, 0.6) is 0 Å². The van der Waals surface area contributed by atoms with Crippen molar-refractivity contribution < 1.29 is 4.48 Å². The van der Waals surface area contributed by atoms with Gasteiger partial charge in [0.2, 0.25) is 0 Å². The number of alkyl halides is 1. The van der Waals surface area contributed by atoms with Gasteiger partial charge in [-0.05, 0) is 39.0 Å². The fourth-order valence-corrected chi connectivity index (χ4v) is 2.82. The first-order valence-electron chi connectivity index (χ1n) is 5.74. The monoisotopic (exact) mass is 248 g/mol. The fraction of sp³-hybridized carbons (Fsp3) is 1.00. The van der Waals surface area contributed by atoms with Gasteiger partial charge in [0.15, 0.2) is 0 Å². The molecule has 0 spiro atoms. The van der Waals surface area contributed by atoms with E-state index >= 15 is 0 Å². The topological polar surface area (TPSA) is 0 Å². The number of halogens is 1. The van der Waals surface area contributed by atoms with Crippen molar-refractivity contribution in [3.05, 3.63) is 0 Å². The molecule has 0 saturated carbocycles. The predicted molar refractivity (Wildman–Crippen MR) is 62.3 cm³/mol. The molecule has 0 amide bonds. The number of piperidine rings is 1. The Morgan fingerprint density at radius 1 is 1.08 bits per heavy atom. The molecule has 1 aliphatic heterocycles. The van der Waals surface area contributed by atoms with Crippen LogP contribution in [0.15, 0.2) is 0 Å². The van der Waals surface area contributed by atoms with Crippen LogP contribution < -0.4 is 0 Å². The van der Waals surface area contributed by atoms with E-state index < -0.39 is 0 Å². The van der Waals surface area contributed by atoms with Gasteiger partial charge in [-0.1, -0.05) is 15.9 Å². The molecule has 1 fully saturated rings. The molecule has 0 bridgehead atoms. The van der Waals surface area contributed by atoms with Gasteiger partial charge in [-0.3, -0.25) is 0 Å². The number of nitrogens with zero attached hydrogens (tertiary/aromatic N) is 1. The summed E-state index contributed by atoms with van der Waals surface area (Å²) in [6.07, 6.45) is 7.14. The average Bonchev–Trinajstić information content (AvgIpc) is 2.20. The van der Waals surface area contributed by atoms with Crippen molar-refractivity contribution in [1.82, 2.24) is 0 Å². The second-order valence-corrected chi connectivity index (χ2v) is 5.08. The number of unbranched alkanes of at least 4 members (excludes halogenated alkanes) is 1. The summed E-state index contributed by atoms with van der Waals surface area (Å²) in [5.41, 5.74) is 0. The summed E-state index contributed by atoms with van der Waals surface area (Å²) >= 11 is 3.51. The summed E-state index contributed by atoms with van der Waals surface area (Å²) in [5, 5.41) is 1.18. The molecule has 0 N–H and O–H groups in total. The number of rotatable bonds is 5. The molecule has 0 aromatic carbocycles. The van der Waals surface area contributed by atoms with Gasteiger partial charge in [-0.15, -0.1) is 0 Å². The van der Waals surface area contributed by atoms with Gasteiger partial charge in [0.05, 0.1) is 26.2 Å². The molecule has 78 valence electrons. The Morgan fingerprint density at radius 3 is 2.31 bits per heavy atom. The first-order chi connectivity index (χ1) is 6.33. The van der Waals surface area contributed by atoms with Crippen LogP contribution >= 0.6 is 15.9 Å². The molecule has 1 nitrogen and oxygen atoms in total. The van der Waals surface area contributed by atoms with Gasteiger partial charge in [-0.2, -0.15) is 0 Å². The summed E-state index contributed by atoms with van der Waals surface area (Å²) in [4.78, 5) is 0. The Labute approximate surface area is 91.2 Å². The van der Waals surface area contributed by atoms with E-state index in [-0.39, 0.29) is 0 Å². The van der Waals surface area contributed by atoms with Crippen molar-refractivity contribution in [3.63, 3.8) is 0 Å². The zero-order valence-corrected chi connectivity index (χ0v) is 10.5. The quantitative estimate of drug-likeness (QED) is 0.399. The van der Waals surface area contributed by atoms with Crippen molar-refractivity contribution >= 4 is 15.9 Å². The third kappa shape index (κ3) is 3.59. The second kappa shape index (κ2) is 6.02.